The van der Waals surface area contributed by atoms with Crippen molar-refractivity contribution in [2.24, 2.45) is 5.41 Å². The van der Waals surface area contributed by atoms with Gasteiger partial charge >= 0.3 is 5.97 Å². The fourth-order valence-electron chi connectivity index (χ4n) is 0.872. The number of nitrogens with zero attached hydrogens (tertiary/aromatic N) is 1. The number of furan rings is 1. The smallest absolute Gasteiger partial charge is 0.312 e. The van der Waals surface area contributed by atoms with E-state index in [9.17, 15) is 4.79 Å². The second-order valence-electron chi connectivity index (χ2n) is 4.18. The van der Waals surface area contributed by atoms with E-state index >= 15 is 0 Å². The number of carbonyl (C=O) groups is 1. The van der Waals surface area contributed by atoms with Crippen molar-refractivity contribution in [2.75, 3.05) is 0 Å². The zero-order valence-corrected chi connectivity index (χ0v) is 8.98. The predicted octanol–water partition coefficient (Wildman–Crippen LogP) is 2.43. The molecule has 1 rings (SSSR count). The van der Waals surface area contributed by atoms with Gasteiger partial charge in [0.15, 0.2) is 5.76 Å². The number of nitriles is 1. The number of ether oxygens (including phenoxy) is 1. The lowest BCUT2D eigenvalue weighted by Crippen LogP contribution is -2.24. The Morgan fingerprint density at radius 3 is 2.67 bits per heavy atom. The van der Waals surface area contributed by atoms with E-state index < -0.39 is 17.5 Å². The van der Waals surface area contributed by atoms with Gasteiger partial charge in [0.05, 0.1) is 11.7 Å². The Balaban J connectivity index is 2.73. The maximum atomic E-state index is 11.5. The molecule has 1 unspecified atom stereocenters. The lowest BCUT2D eigenvalue weighted by atomic mass is 9.97. The summed E-state index contributed by atoms with van der Waals surface area (Å²) >= 11 is 0. The molecule has 4 nitrogen and oxygen atoms in total. The third-order valence-corrected chi connectivity index (χ3v) is 1.76. The van der Waals surface area contributed by atoms with Gasteiger partial charge in [0.1, 0.15) is 6.07 Å². The maximum Gasteiger partial charge on any atom is 0.312 e. The quantitative estimate of drug-likeness (QED) is 0.698. The molecule has 0 saturated heterocycles. The van der Waals surface area contributed by atoms with Crippen LogP contribution in [0.5, 0.6) is 0 Å². The lowest BCUT2D eigenvalue weighted by Gasteiger charge is -2.18. The highest BCUT2D eigenvalue weighted by Gasteiger charge is 2.27. The fraction of sp³-hybridized carbons (Fsp3) is 0.455. The molecule has 0 amide bonds. The molecule has 1 aromatic rings. The molecule has 0 spiro atoms. The SMILES string of the molecule is CC(C)(C)C(=O)OC(C#N)c1ccco1. The third-order valence-electron chi connectivity index (χ3n) is 1.76. The molecule has 1 atom stereocenters. The predicted molar refractivity (Wildman–Crippen MR) is 52.6 cm³/mol. The summed E-state index contributed by atoms with van der Waals surface area (Å²) in [5, 5.41) is 8.83. The Morgan fingerprint density at radius 2 is 2.27 bits per heavy atom. The Bertz CT molecular complexity index is 368. The summed E-state index contributed by atoms with van der Waals surface area (Å²) in [6.45, 7) is 5.18. The van der Waals surface area contributed by atoms with E-state index in [1.54, 1.807) is 32.9 Å². The van der Waals surface area contributed by atoms with Crippen LogP contribution in [-0.2, 0) is 9.53 Å². The number of carbonyl (C=O) groups excluding carboxylic acids is 1. The van der Waals surface area contributed by atoms with Crippen LogP contribution in [0.25, 0.3) is 0 Å². The zero-order chi connectivity index (χ0) is 11.5. The Morgan fingerprint density at radius 1 is 1.60 bits per heavy atom. The van der Waals surface area contributed by atoms with Gasteiger partial charge in [-0.3, -0.25) is 4.79 Å². The monoisotopic (exact) mass is 207 g/mol. The number of rotatable bonds is 2. The molecule has 4 heteroatoms. The van der Waals surface area contributed by atoms with Crippen LogP contribution in [0.3, 0.4) is 0 Å². The maximum absolute atomic E-state index is 11.5. The van der Waals surface area contributed by atoms with E-state index in [4.69, 9.17) is 14.4 Å². The fourth-order valence-corrected chi connectivity index (χ4v) is 0.872. The van der Waals surface area contributed by atoms with Gasteiger partial charge in [-0.2, -0.15) is 5.26 Å². The van der Waals surface area contributed by atoms with Gasteiger partial charge in [0.2, 0.25) is 6.10 Å². The molecule has 0 aliphatic heterocycles. The highest BCUT2D eigenvalue weighted by molar-refractivity contribution is 5.75. The van der Waals surface area contributed by atoms with E-state index in [1.807, 2.05) is 6.07 Å². The van der Waals surface area contributed by atoms with E-state index in [0.29, 0.717) is 5.76 Å². The van der Waals surface area contributed by atoms with Gasteiger partial charge in [-0.1, -0.05) is 0 Å². The van der Waals surface area contributed by atoms with Crippen molar-refractivity contribution in [3.8, 4) is 6.07 Å². The topological polar surface area (TPSA) is 63.2 Å². The first-order valence-corrected chi connectivity index (χ1v) is 4.59. The lowest BCUT2D eigenvalue weighted by molar-refractivity contribution is -0.157. The van der Waals surface area contributed by atoms with E-state index in [2.05, 4.69) is 0 Å². The first kappa shape index (κ1) is 11.3. The molecule has 0 aliphatic rings. The van der Waals surface area contributed by atoms with Gasteiger partial charge in [0, 0.05) is 0 Å². The number of hydrogen-bond donors (Lipinski definition) is 0. The van der Waals surface area contributed by atoms with Crippen LogP contribution in [0, 0.1) is 16.7 Å². The van der Waals surface area contributed by atoms with Crippen LogP contribution in [-0.4, -0.2) is 5.97 Å². The second-order valence-corrected chi connectivity index (χ2v) is 4.18. The molecule has 0 bridgehead atoms. The van der Waals surface area contributed by atoms with Crippen molar-refractivity contribution in [1.29, 1.82) is 5.26 Å². The molecule has 0 fully saturated rings. The van der Waals surface area contributed by atoms with Gasteiger partial charge in [0.25, 0.3) is 0 Å². The molecule has 1 heterocycles. The first-order valence-electron chi connectivity index (χ1n) is 4.59. The number of esters is 1. The van der Waals surface area contributed by atoms with Gasteiger partial charge in [-0.05, 0) is 32.9 Å². The molecule has 80 valence electrons. The van der Waals surface area contributed by atoms with Gasteiger partial charge in [-0.15, -0.1) is 0 Å². The average molecular weight is 207 g/mol. The molecule has 0 saturated carbocycles. The van der Waals surface area contributed by atoms with Crippen molar-refractivity contribution < 1.29 is 13.9 Å². The Kier molecular flexibility index (Phi) is 3.15. The highest BCUT2D eigenvalue weighted by Crippen LogP contribution is 2.23. The normalized spacial score (nSPS) is 12.9. The minimum atomic E-state index is -0.966. The summed E-state index contributed by atoms with van der Waals surface area (Å²) in [5.41, 5.74) is -0.623. The molecule has 0 radical (unpaired) electrons. The summed E-state index contributed by atoms with van der Waals surface area (Å²) in [7, 11) is 0. The average Bonchev–Trinajstić information content (AvgIpc) is 2.64. The van der Waals surface area contributed by atoms with Crippen molar-refractivity contribution >= 4 is 5.97 Å². The zero-order valence-electron chi connectivity index (χ0n) is 8.98. The minimum Gasteiger partial charge on any atom is -0.464 e. The van der Waals surface area contributed by atoms with Crippen LogP contribution < -0.4 is 0 Å². The Labute approximate surface area is 88.4 Å². The van der Waals surface area contributed by atoms with E-state index in [-0.39, 0.29) is 0 Å². The second kappa shape index (κ2) is 4.18. The van der Waals surface area contributed by atoms with Crippen LogP contribution >= 0.6 is 0 Å². The standard InChI is InChI=1S/C11H13NO3/c1-11(2,3)10(13)15-9(7-12)8-5-4-6-14-8/h4-6,9H,1-3H3. The summed E-state index contributed by atoms with van der Waals surface area (Å²) in [6.07, 6.45) is 0.469. The molecular formula is C11H13NO3. The van der Waals surface area contributed by atoms with Crippen LogP contribution in [0.2, 0.25) is 0 Å². The Hall–Kier alpha value is -1.76. The van der Waals surface area contributed by atoms with Crippen LogP contribution in [0.15, 0.2) is 22.8 Å². The summed E-state index contributed by atoms with van der Waals surface area (Å²) in [6, 6.07) is 5.12. The molecule has 1 aromatic heterocycles. The van der Waals surface area contributed by atoms with Crippen molar-refractivity contribution in [1.82, 2.24) is 0 Å². The molecule has 0 N–H and O–H groups in total. The summed E-state index contributed by atoms with van der Waals surface area (Å²) in [4.78, 5) is 11.5. The van der Waals surface area contributed by atoms with Gasteiger partial charge < -0.3 is 9.15 Å². The first-order chi connectivity index (χ1) is 6.95. The van der Waals surface area contributed by atoms with Crippen molar-refractivity contribution in [3.63, 3.8) is 0 Å². The largest absolute Gasteiger partial charge is 0.464 e. The van der Waals surface area contributed by atoms with Gasteiger partial charge in [-0.25, -0.2) is 0 Å². The van der Waals surface area contributed by atoms with Crippen LogP contribution in [0.1, 0.15) is 32.6 Å². The molecule has 15 heavy (non-hydrogen) atoms. The summed E-state index contributed by atoms with van der Waals surface area (Å²) < 4.78 is 10.0. The molecule has 0 aliphatic carbocycles. The third kappa shape index (κ3) is 2.84. The molecule has 0 aromatic carbocycles. The van der Waals surface area contributed by atoms with E-state index in [1.165, 1.54) is 6.26 Å². The van der Waals surface area contributed by atoms with Crippen molar-refractivity contribution in [3.05, 3.63) is 24.2 Å². The number of hydrogen-bond acceptors (Lipinski definition) is 4. The van der Waals surface area contributed by atoms with Crippen molar-refractivity contribution in [2.45, 2.75) is 26.9 Å². The van der Waals surface area contributed by atoms with E-state index in [0.717, 1.165) is 0 Å². The van der Waals surface area contributed by atoms with Crippen LogP contribution in [0.4, 0.5) is 0 Å². The summed E-state index contributed by atoms with van der Waals surface area (Å²) in [5.74, 6) is -0.0828. The molecular weight excluding hydrogens is 194 g/mol. The highest BCUT2D eigenvalue weighted by atomic mass is 16.6. The minimum absolute atomic E-state index is 0.343.